The van der Waals surface area contributed by atoms with Crippen molar-refractivity contribution in [1.82, 2.24) is 4.98 Å². The quantitative estimate of drug-likeness (QED) is 0.853. The fourth-order valence-corrected chi connectivity index (χ4v) is 2.76. The van der Waals surface area contributed by atoms with E-state index in [0.29, 0.717) is 10.8 Å². The van der Waals surface area contributed by atoms with Crippen molar-refractivity contribution in [2.75, 3.05) is 5.32 Å². The smallest absolute Gasteiger partial charge is 0.303 e. The second-order valence-electron chi connectivity index (χ2n) is 4.73. The highest BCUT2D eigenvalue weighted by Crippen LogP contribution is 2.30. The van der Waals surface area contributed by atoms with Crippen molar-refractivity contribution in [3.05, 3.63) is 35.0 Å². The second kappa shape index (κ2) is 7.13. The molecule has 0 radical (unpaired) electrons. The summed E-state index contributed by atoms with van der Waals surface area (Å²) in [5.74, 6) is -1.50. The molecule has 0 fully saturated rings. The average Bonchev–Trinajstić information content (AvgIpc) is 2.80. The molecule has 2 rings (SSSR count). The highest BCUT2D eigenvalue weighted by Gasteiger charge is 2.12. The third kappa shape index (κ3) is 4.36. The molecule has 0 saturated carbocycles. The maximum absolute atomic E-state index is 12.9. The van der Waals surface area contributed by atoms with Gasteiger partial charge in [-0.1, -0.05) is 0 Å². The number of carbonyl (C=O) groups is 2. The van der Waals surface area contributed by atoms with Crippen LogP contribution in [0.1, 0.15) is 24.1 Å². The highest BCUT2D eigenvalue weighted by atomic mass is 32.1. The van der Waals surface area contributed by atoms with Gasteiger partial charge in [0.15, 0.2) is 5.13 Å². The van der Waals surface area contributed by atoms with E-state index in [9.17, 15) is 14.0 Å². The molecule has 2 aromatic rings. The lowest BCUT2D eigenvalue weighted by Crippen LogP contribution is -2.11. The van der Waals surface area contributed by atoms with Crippen LogP contribution >= 0.6 is 11.3 Å². The maximum atomic E-state index is 12.9. The molecule has 0 atom stereocenters. The standard InChI is InChI=1S/C15H15FN2O3S/c1-9-14(10-5-7-11(16)8-6-10)18-15(22-9)17-12(19)3-2-4-13(20)21/h5-8H,2-4H2,1H3,(H,20,21)(H,17,18,19). The van der Waals surface area contributed by atoms with E-state index in [2.05, 4.69) is 10.3 Å². The van der Waals surface area contributed by atoms with Crippen molar-refractivity contribution in [3.8, 4) is 11.3 Å². The number of carboxylic acids is 1. The number of hydrogen-bond acceptors (Lipinski definition) is 4. The van der Waals surface area contributed by atoms with Crippen LogP contribution in [0.4, 0.5) is 9.52 Å². The highest BCUT2D eigenvalue weighted by molar-refractivity contribution is 7.16. The number of amides is 1. The fourth-order valence-electron chi connectivity index (χ4n) is 1.91. The number of anilines is 1. The lowest BCUT2D eigenvalue weighted by atomic mass is 10.1. The summed E-state index contributed by atoms with van der Waals surface area (Å²) in [6, 6.07) is 5.99. The van der Waals surface area contributed by atoms with E-state index < -0.39 is 5.97 Å². The Labute approximate surface area is 130 Å². The molecular formula is C15H15FN2O3S. The Balaban J connectivity index is 2.02. The molecule has 1 aromatic heterocycles. The van der Waals surface area contributed by atoms with E-state index >= 15 is 0 Å². The number of benzene rings is 1. The summed E-state index contributed by atoms with van der Waals surface area (Å²) in [7, 11) is 0. The largest absolute Gasteiger partial charge is 0.481 e. The molecule has 0 saturated heterocycles. The third-order valence-corrected chi connectivity index (χ3v) is 3.84. The molecular weight excluding hydrogens is 307 g/mol. The molecule has 2 N–H and O–H groups in total. The Bertz CT molecular complexity index is 683. The number of nitrogens with one attached hydrogen (secondary N) is 1. The Morgan fingerprint density at radius 3 is 2.59 bits per heavy atom. The van der Waals surface area contributed by atoms with Gasteiger partial charge in [-0.2, -0.15) is 0 Å². The van der Waals surface area contributed by atoms with Crippen LogP contribution in [0.15, 0.2) is 24.3 Å². The molecule has 0 spiro atoms. The van der Waals surface area contributed by atoms with Crippen molar-refractivity contribution >= 4 is 28.3 Å². The first-order valence-corrected chi connectivity index (χ1v) is 7.52. The number of halogens is 1. The molecule has 116 valence electrons. The Kier molecular flexibility index (Phi) is 5.21. The summed E-state index contributed by atoms with van der Waals surface area (Å²) < 4.78 is 12.9. The molecule has 0 unspecified atom stereocenters. The van der Waals surface area contributed by atoms with Crippen LogP contribution < -0.4 is 5.32 Å². The molecule has 0 aliphatic rings. The van der Waals surface area contributed by atoms with E-state index in [4.69, 9.17) is 5.11 Å². The summed E-state index contributed by atoms with van der Waals surface area (Å²) in [4.78, 5) is 27.4. The summed E-state index contributed by atoms with van der Waals surface area (Å²) in [5, 5.41) is 11.6. The fraction of sp³-hybridized carbons (Fsp3) is 0.267. The van der Waals surface area contributed by atoms with Crippen LogP contribution in [0, 0.1) is 12.7 Å². The minimum Gasteiger partial charge on any atom is -0.481 e. The number of rotatable bonds is 6. The van der Waals surface area contributed by atoms with E-state index in [1.807, 2.05) is 6.92 Å². The number of thiazole rings is 1. The predicted molar refractivity (Wildman–Crippen MR) is 82.4 cm³/mol. The number of carboxylic acid groups (broad SMARTS) is 1. The van der Waals surface area contributed by atoms with Crippen molar-refractivity contribution in [1.29, 1.82) is 0 Å². The molecule has 1 aromatic carbocycles. The van der Waals surface area contributed by atoms with E-state index in [-0.39, 0.29) is 31.0 Å². The van der Waals surface area contributed by atoms with Crippen molar-refractivity contribution in [2.45, 2.75) is 26.2 Å². The van der Waals surface area contributed by atoms with Gasteiger partial charge in [-0.05, 0) is 37.6 Å². The molecule has 7 heteroatoms. The number of hydrogen-bond donors (Lipinski definition) is 2. The normalized spacial score (nSPS) is 10.5. The van der Waals surface area contributed by atoms with Gasteiger partial charge in [-0.15, -0.1) is 11.3 Å². The van der Waals surface area contributed by atoms with Gasteiger partial charge in [0.25, 0.3) is 0 Å². The van der Waals surface area contributed by atoms with Gasteiger partial charge < -0.3 is 10.4 Å². The molecule has 0 bridgehead atoms. The number of carbonyl (C=O) groups excluding carboxylic acids is 1. The zero-order valence-electron chi connectivity index (χ0n) is 11.9. The monoisotopic (exact) mass is 322 g/mol. The maximum Gasteiger partial charge on any atom is 0.303 e. The Morgan fingerprint density at radius 1 is 1.27 bits per heavy atom. The minimum absolute atomic E-state index is 0.0366. The predicted octanol–water partition coefficient (Wildman–Crippen LogP) is 3.45. The minimum atomic E-state index is -0.920. The van der Waals surface area contributed by atoms with E-state index in [0.717, 1.165) is 10.4 Å². The van der Waals surface area contributed by atoms with Crippen LogP contribution in [-0.4, -0.2) is 22.0 Å². The van der Waals surface area contributed by atoms with Crippen LogP contribution in [0.3, 0.4) is 0 Å². The van der Waals surface area contributed by atoms with Gasteiger partial charge in [-0.3, -0.25) is 9.59 Å². The molecule has 1 heterocycles. The van der Waals surface area contributed by atoms with E-state index in [1.54, 1.807) is 12.1 Å². The van der Waals surface area contributed by atoms with Gasteiger partial charge in [0.1, 0.15) is 5.82 Å². The molecule has 22 heavy (non-hydrogen) atoms. The van der Waals surface area contributed by atoms with Crippen LogP contribution in [0.5, 0.6) is 0 Å². The SMILES string of the molecule is Cc1sc(NC(=O)CCCC(=O)O)nc1-c1ccc(F)cc1. The van der Waals surface area contributed by atoms with Crippen LogP contribution in [0.25, 0.3) is 11.3 Å². The number of aromatic nitrogens is 1. The van der Waals surface area contributed by atoms with Crippen LogP contribution in [-0.2, 0) is 9.59 Å². The average molecular weight is 322 g/mol. The summed E-state index contributed by atoms with van der Waals surface area (Å²) in [6.07, 6.45) is 0.387. The van der Waals surface area contributed by atoms with Crippen molar-refractivity contribution in [3.63, 3.8) is 0 Å². The molecule has 5 nitrogen and oxygen atoms in total. The Morgan fingerprint density at radius 2 is 1.95 bits per heavy atom. The first-order chi connectivity index (χ1) is 10.5. The van der Waals surface area contributed by atoms with E-state index in [1.165, 1.54) is 23.5 Å². The lowest BCUT2D eigenvalue weighted by molar-refractivity contribution is -0.137. The molecule has 0 aliphatic heterocycles. The van der Waals surface area contributed by atoms with Gasteiger partial charge >= 0.3 is 5.97 Å². The van der Waals surface area contributed by atoms with Gasteiger partial charge in [0.05, 0.1) is 5.69 Å². The summed E-state index contributed by atoms with van der Waals surface area (Å²) in [5.41, 5.74) is 1.48. The van der Waals surface area contributed by atoms with Gasteiger partial charge in [0.2, 0.25) is 5.91 Å². The summed E-state index contributed by atoms with van der Waals surface area (Å²) >= 11 is 1.33. The lowest BCUT2D eigenvalue weighted by Gasteiger charge is -2.00. The third-order valence-electron chi connectivity index (χ3n) is 2.96. The zero-order chi connectivity index (χ0) is 16.1. The topological polar surface area (TPSA) is 79.3 Å². The number of nitrogens with zero attached hydrogens (tertiary/aromatic N) is 1. The van der Waals surface area contributed by atoms with Gasteiger partial charge in [0, 0.05) is 23.3 Å². The first kappa shape index (κ1) is 16.1. The summed E-state index contributed by atoms with van der Waals surface area (Å²) in [6.45, 7) is 1.87. The number of aliphatic carboxylic acids is 1. The van der Waals surface area contributed by atoms with Crippen LogP contribution in [0.2, 0.25) is 0 Å². The van der Waals surface area contributed by atoms with Gasteiger partial charge in [-0.25, -0.2) is 9.37 Å². The molecule has 0 aliphatic carbocycles. The zero-order valence-corrected chi connectivity index (χ0v) is 12.7. The Hall–Kier alpha value is -2.28. The second-order valence-corrected chi connectivity index (χ2v) is 5.93. The molecule has 1 amide bonds. The van der Waals surface area contributed by atoms with Crippen molar-refractivity contribution < 1.29 is 19.1 Å². The number of aryl methyl sites for hydroxylation is 1. The first-order valence-electron chi connectivity index (χ1n) is 6.70. The van der Waals surface area contributed by atoms with Crippen molar-refractivity contribution in [2.24, 2.45) is 0 Å².